The lowest BCUT2D eigenvalue weighted by molar-refractivity contribution is 0.0696. The number of carboxylic acids is 1. The van der Waals surface area contributed by atoms with Gasteiger partial charge in [-0.05, 0) is 40.5 Å². The van der Waals surface area contributed by atoms with Crippen molar-refractivity contribution in [3.8, 4) is 0 Å². The molecule has 21 heavy (non-hydrogen) atoms. The van der Waals surface area contributed by atoms with Crippen molar-refractivity contribution >= 4 is 23.8 Å². The van der Waals surface area contributed by atoms with Gasteiger partial charge in [0.25, 0.3) is 0 Å². The van der Waals surface area contributed by atoms with Crippen LogP contribution < -0.4 is 0 Å². The van der Waals surface area contributed by atoms with Crippen LogP contribution in [0.1, 0.15) is 22.3 Å². The first-order valence-corrected chi connectivity index (χ1v) is 7.58. The summed E-state index contributed by atoms with van der Waals surface area (Å²) in [5, 5.41) is 9.15. The predicted octanol–water partition coefficient (Wildman–Crippen LogP) is 4.58. The van der Waals surface area contributed by atoms with Gasteiger partial charge in [0, 0.05) is 16.2 Å². The number of carboxylic acid groups (broad SMARTS) is 1. The van der Waals surface area contributed by atoms with Crippen LogP contribution in [-0.2, 0) is 0 Å². The van der Waals surface area contributed by atoms with Crippen LogP contribution >= 0.6 is 11.8 Å². The Hall–Kier alpha value is -2.26. The monoisotopic (exact) mass is 292 g/mol. The van der Waals surface area contributed by atoms with E-state index in [9.17, 15) is 4.79 Å². The number of allylic oxidation sites excluding steroid dienone is 9. The molecule has 0 radical (unpaired) electrons. The van der Waals surface area contributed by atoms with Gasteiger partial charge in [0.05, 0.1) is 5.56 Å². The molecule has 0 unspecified atom stereocenters. The second kappa shape index (κ2) is 4.64. The molecule has 1 aliphatic heterocycles. The van der Waals surface area contributed by atoms with Crippen LogP contribution in [0.25, 0.3) is 6.08 Å². The number of aromatic carboxylic acids is 1. The summed E-state index contributed by atoms with van der Waals surface area (Å²) in [7, 11) is 0. The molecule has 2 nitrogen and oxygen atoms in total. The Morgan fingerprint density at radius 2 is 2.10 bits per heavy atom. The van der Waals surface area contributed by atoms with E-state index in [0.29, 0.717) is 5.56 Å². The van der Waals surface area contributed by atoms with Crippen molar-refractivity contribution in [1.29, 1.82) is 0 Å². The first kappa shape index (κ1) is 12.5. The minimum atomic E-state index is -0.880. The molecule has 0 saturated heterocycles. The molecule has 0 atom stereocenters. The van der Waals surface area contributed by atoms with E-state index in [1.165, 1.54) is 21.6 Å². The van der Waals surface area contributed by atoms with Gasteiger partial charge in [0.15, 0.2) is 0 Å². The van der Waals surface area contributed by atoms with Crippen LogP contribution in [0.4, 0.5) is 0 Å². The molecule has 0 amide bonds. The summed E-state index contributed by atoms with van der Waals surface area (Å²) >= 11 is 1.68. The number of thioether (sulfide) groups is 1. The van der Waals surface area contributed by atoms with Gasteiger partial charge in [-0.2, -0.15) is 0 Å². The van der Waals surface area contributed by atoms with Gasteiger partial charge in [0.1, 0.15) is 0 Å². The molecule has 0 saturated carbocycles. The summed E-state index contributed by atoms with van der Waals surface area (Å²) < 4.78 is 0. The zero-order valence-corrected chi connectivity index (χ0v) is 12.0. The number of hydrogen-bond donors (Lipinski definition) is 1. The third kappa shape index (κ3) is 2.10. The van der Waals surface area contributed by atoms with Gasteiger partial charge in [0.2, 0.25) is 0 Å². The van der Waals surface area contributed by atoms with E-state index in [4.69, 9.17) is 5.11 Å². The average Bonchev–Trinajstić information content (AvgIpc) is 2.84. The summed E-state index contributed by atoms with van der Waals surface area (Å²) in [5.41, 5.74) is 5.27. The highest BCUT2D eigenvalue weighted by molar-refractivity contribution is 8.03. The van der Waals surface area contributed by atoms with Crippen molar-refractivity contribution < 1.29 is 9.90 Å². The molecule has 1 heterocycles. The molecule has 3 aliphatic rings. The van der Waals surface area contributed by atoms with E-state index >= 15 is 0 Å². The first-order chi connectivity index (χ1) is 10.2. The fraction of sp³-hybridized carbons (Fsp3) is 0.0556. The van der Waals surface area contributed by atoms with E-state index in [1.807, 2.05) is 6.07 Å². The van der Waals surface area contributed by atoms with Crippen LogP contribution in [-0.4, -0.2) is 11.1 Å². The average molecular weight is 292 g/mol. The highest BCUT2D eigenvalue weighted by Gasteiger charge is 2.21. The highest BCUT2D eigenvalue weighted by atomic mass is 32.2. The largest absolute Gasteiger partial charge is 0.478 e. The lowest BCUT2D eigenvalue weighted by Gasteiger charge is -2.17. The molecule has 0 bridgehead atoms. The van der Waals surface area contributed by atoms with Crippen LogP contribution in [0.15, 0.2) is 75.1 Å². The van der Waals surface area contributed by atoms with Gasteiger partial charge in [-0.25, -0.2) is 4.79 Å². The number of fused-ring (bicyclic) bond motifs is 2. The Morgan fingerprint density at radius 1 is 1.19 bits per heavy atom. The lowest BCUT2D eigenvalue weighted by Crippen LogP contribution is -1.98. The van der Waals surface area contributed by atoms with E-state index in [1.54, 1.807) is 23.9 Å². The van der Waals surface area contributed by atoms with E-state index in [-0.39, 0.29) is 0 Å². The fourth-order valence-corrected chi connectivity index (χ4v) is 3.92. The molecule has 2 aliphatic carbocycles. The minimum Gasteiger partial charge on any atom is -0.478 e. The summed E-state index contributed by atoms with van der Waals surface area (Å²) in [5.74, 6) is -0.880. The number of carbonyl (C=O) groups is 1. The molecule has 4 rings (SSSR count). The Morgan fingerprint density at radius 3 is 2.95 bits per heavy atom. The summed E-state index contributed by atoms with van der Waals surface area (Å²) in [6.45, 7) is 0. The summed E-state index contributed by atoms with van der Waals surface area (Å²) in [6.07, 6.45) is 13.7. The Kier molecular flexibility index (Phi) is 2.76. The lowest BCUT2D eigenvalue weighted by atomic mass is 9.95. The molecule has 0 spiro atoms. The molecule has 1 aromatic rings. The zero-order valence-electron chi connectivity index (χ0n) is 11.2. The third-order valence-electron chi connectivity index (χ3n) is 3.86. The molecule has 102 valence electrons. The topological polar surface area (TPSA) is 37.3 Å². The van der Waals surface area contributed by atoms with Crippen LogP contribution in [0.3, 0.4) is 0 Å². The molecule has 1 aromatic carbocycles. The van der Waals surface area contributed by atoms with Gasteiger partial charge < -0.3 is 5.11 Å². The van der Waals surface area contributed by atoms with Crippen LogP contribution in [0, 0.1) is 0 Å². The van der Waals surface area contributed by atoms with Crippen molar-refractivity contribution in [2.75, 3.05) is 0 Å². The maximum absolute atomic E-state index is 11.1. The Balaban J connectivity index is 1.78. The van der Waals surface area contributed by atoms with E-state index < -0.39 is 5.97 Å². The van der Waals surface area contributed by atoms with Crippen molar-refractivity contribution in [2.24, 2.45) is 0 Å². The van der Waals surface area contributed by atoms with Crippen LogP contribution in [0.5, 0.6) is 0 Å². The van der Waals surface area contributed by atoms with Crippen LogP contribution in [0.2, 0.25) is 0 Å². The smallest absolute Gasteiger partial charge is 0.335 e. The summed E-state index contributed by atoms with van der Waals surface area (Å²) in [6, 6.07) is 5.31. The SMILES string of the molecule is O=C(O)c1ccc2c(c1)SC1=C(C=C2)C=C2C=CC=C2C1. The molecule has 1 N–H and O–H groups in total. The standard InChI is InChI=1S/C18H12O2S/c19-18(20)15-7-5-11-4-6-14-8-12-2-1-3-13(12)9-17(14)21-16(11)10-15/h1-8,10H,9H2,(H,19,20). The van der Waals surface area contributed by atoms with Crippen molar-refractivity contribution in [1.82, 2.24) is 0 Å². The quantitative estimate of drug-likeness (QED) is 0.823. The van der Waals surface area contributed by atoms with Gasteiger partial charge in [-0.1, -0.05) is 48.2 Å². The zero-order chi connectivity index (χ0) is 14.4. The van der Waals surface area contributed by atoms with Crippen molar-refractivity contribution in [3.05, 3.63) is 81.3 Å². The molecular formula is C18H12O2S. The highest BCUT2D eigenvalue weighted by Crippen LogP contribution is 2.44. The fourth-order valence-electron chi connectivity index (χ4n) is 2.74. The number of hydrogen-bond acceptors (Lipinski definition) is 2. The number of rotatable bonds is 1. The maximum atomic E-state index is 11.1. The normalized spacial score (nSPS) is 18.5. The second-order valence-corrected chi connectivity index (χ2v) is 6.34. The van der Waals surface area contributed by atoms with Gasteiger partial charge >= 0.3 is 5.97 Å². The van der Waals surface area contributed by atoms with Crippen molar-refractivity contribution in [3.63, 3.8) is 0 Å². The maximum Gasteiger partial charge on any atom is 0.335 e. The second-order valence-electron chi connectivity index (χ2n) is 5.20. The third-order valence-corrected chi connectivity index (χ3v) is 5.06. The predicted molar refractivity (Wildman–Crippen MR) is 85.2 cm³/mol. The first-order valence-electron chi connectivity index (χ1n) is 6.76. The Labute approximate surface area is 126 Å². The molecular weight excluding hydrogens is 280 g/mol. The molecule has 3 heteroatoms. The van der Waals surface area contributed by atoms with E-state index in [2.05, 4.69) is 36.5 Å². The van der Waals surface area contributed by atoms with Gasteiger partial charge in [-0.3, -0.25) is 0 Å². The minimum absolute atomic E-state index is 0.340. The Bertz CT molecular complexity index is 820. The van der Waals surface area contributed by atoms with E-state index in [0.717, 1.165) is 16.9 Å². The molecule has 0 aromatic heterocycles. The van der Waals surface area contributed by atoms with Gasteiger partial charge in [-0.15, -0.1) is 0 Å². The molecule has 0 fully saturated rings. The van der Waals surface area contributed by atoms with Crippen molar-refractivity contribution in [2.45, 2.75) is 11.3 Å². The number of benzene rings is 1. The summed E-state index contributed by atoms with van der Waals surface area (Å²) in [4.78, 5) is 13.4.